The first kappa shape index (κ1) is 15.2. The van der Waals surface area contributed by atoms with Crippen molar-refractivity contribution in [3.8, 4) is 0 Å². The Bertz CT molecular complexity index is 561. The second kappa shape index (κ2) is 6.62. The molecule has 7 nitrogen and oxygen atoms in total. The van der Waals surface area contributed by atoms with Crippen LogP contribution in [-0.4, -0.2) is 60.6 Å². The van der Waals surface area contributed by atoms with Crippen LogP contribution in [0.25, 0.3) is 0 Å². The molecule has 2 aliphatic heterocycles. The Labute approximate surface area is 133 Å². The molecule has 3 amide bonds. The average molecular weight is 323 g/mol. The van der Waals surface area contributed by atoms with Crippen LogP contribution in [0.5, 0.6) is 0 Å². The van der Waals surface area contributed by atoms with E-state index in [-0.39, 0.29) is 11.9 Å². The van der Waals surface area contributed by atoms with Crippen molar-refractivity contribution in [2.24, 2.45) is 0 Å². The van der Waals surface area contributed by atoms with E-state index < -0.39 is 0 Å². The number of aromatic nitrogens is 1. The molecular weight excluding hydrogens is 302 g/mol. The van der Waals surface area contributed by atoms with Crippen molar-refractivity contribution in [2.45, 2.75) is 25.8 Å². The van der Waals surface area contributed by atoms with Crippen LogP contribution in [0.4, 0.5) is 9.93 Å². The lowest BCUT2D eigenvalue weighted by atomic mass is 10.2. The fourth-order valence-electron chi connectivity index (χ4n) is 2.74. The lowest BCUT2D eigenvalue weighted by Crippen LogP contribution is -2.51. The summed E-state index contributed by atoms with van der Waals surface area (Å²) in [4.78, 5) is 32.1. The Morgan fingerprint density at radius 2 is 2.32 bits per heavy atom. The van der Waals surface area contributed by atoms with E-state index >= 15 is 0 Å². The smallest absolute Gasteiger partial charge is 0.323 e. The highest BCUT2D eigenvalue weighted by molar-refractivity contribution is 7.14. The molecule has 2 aliphatic rings. The third kappa shape index (κ3) is 3.38. The molecule has 0 spiro atoms. The van der Waals surface area contributed by atoms with Gasteiger partial charge in [-0.15, -0.1) is 11.3 Å². The maximum atomic E-state index is 12.3. The van der Waals surface area contributed by atoms with Crippen LogP contribution in [0.1, 0.15) is 19.0 Å². The largest absolute Gasteiger partial charge is 0.340 e. The highest BCUT2D eigenvalue weighted by Crippen LogP contribution is 2.22. The number of urea groups is 1. The average Bonchev–Trinajstić information content (AvgIpc) is 2.96. The van der Waals surface area contributed by atoms with Crippen molar-refractivity contribution < 1.29 is 9.59 Å². The highest BCUT2D eigenvalue weighted by Gasteiger charge is 2.24. The molecule has 2 fully saturated rings. The van der Waals surface area contributed by atoms with Gasteiger partial charge in [-0.25, -0.2) is 9.78 Å². The number of nitrogens with zero attached hydrogens (tertiary/aromatic N) is 3. The van der Waals surface area contributed by atoms with Gasteiger partial charge < -0.3 is 15.5 Å². The van der Waals surface area contributed by atoms with Gasteiger partial charge in [-0.1, -0.05) is 0 Å². The fourth-order valence-corrected chi connectivity index (χ4v) is 3.59. The Hall–Kier alpha value is -1.67. The van der Waals surface area contributed by atoms with Crippen LogP contribution in [0, 0.1) is 0 Å². The molecule has 1 atom stereocenters. The van der Waals surface area contributed by atoms with Crippen molar-refractivity contribution in [1.82, 2.24) is 20.5 Å². The predicted octanol–water partition coefficient (Wildman–Crippen LogP) is 0.426. The molecule has 2 saturated heterocycles. The monoisotopic (exact) mass is 323 g/mol. The lowest BCUT2D eigenvalue weighted by Gasteiger charge is -2.31. The first-order chi connectivity index (χ1) is 10.6. The van der Waals surface area contributed by atoms with Crippen molar-refractivity contribution in [1.29, 1.82) is 0 Å². The second-order valence-corrected chi connectivity index (χ2v) is 6.57. The third-order valence-corrected chi connectivity index (χ3v) is 4.82. The highest BCUT2D eigenvalue weighted by atomic mass is 32.1. The number of piperazine rings is 1. The van der Waals surface area contributed by atoms with Crippen LogP contribution in [-0.2, 0) is 11.2 Å². The van der Waals surface area contributed by atoms with E-state index in [0.29, 0.717) is 30.7 Å². The quantitative estimate of drug-likeness (QED) is 0.845. The molecule has 3 rings (SSSR count). The molecule has 1 aromatic heterocycles. The zero-order valence-corrected chi connectivity index (χ0v) is 13.5. The first-order valence-corrected chi connectivity index (χ1v) is 8.52. The molecule has 8 heteroatoms. The van der Waals surface area contributed by atoms with E-state index in [4.69, 9.17) is 0 Å². The number of rotatable bonds is 3. The van der Waals surface area contributed by atoms with Gasteiger partial charge in [-0.05, 0) is 13.3 Å². The molecule has 0 bridgehead atoms. The Morgan fingerprint density at radius 1 is 1.45 bits per heavy atom. The molecule has 2 N–H and O–H groups in total. The Morgan fingerprint density at radius 3 is 3.09 bits per heavy atom. The number of carbonyl (C=O) groups is 2. The van der Waals surface area contributed by atoms with Crippen molar-refractivity contribution >= 4 is 28.4 Å². The van der Waals surface area contributed by atoms with E-state index in [9.17, 15) is 9.59 Å². The number of hydrogen-bond donors (Lipinski definition) is 2. The molecular formula is C14H21N5O2S. The fraction of sp³-hybridized carbons (Fsp3) is 0.643. The van der Waals surface area contributed by atoms with Crippen LogP contribution in [0.3, 0.4) is 0 Å². The van der Waals surface area contributed by atoms with Gasteiger partial charge in [0, 0.05) is 44.1 Å². The molecule has 22 heavy (non-hydrogen) atoms. The zero-order chi connectivity index (χ0) is 15.5. The van der Waals surface area contributed by atoms with E-state index in [0.717, 1.165) is 31.7 Å². The third-order valence-electron chi connectivity index (χ3n) is 3.90. The van der Waals surface area contributed by atoms with Gasteiger partial charge in [0.05, 0.1) is 12.1 Å². The summed E-state index contributed by atoms with van der Waals surface area (Å²) >= 11 is 1.42. The van der Waals surface area contributed by atoms with Crippen molar-refractivity contribution in [3.05, 3.63) is 11.1 Å². The number of hydrogen-bond acceptors (Lipinski definition) is 5. The summed E-state index contributed by atoms with van der Waals surface area (Å²) in [5.41, 5.74) is 0.745. The molecule has 0 unspecified atom stereocenters. The van der Waals surface area contributed by atoms with Gasteiger partial charge in [-0.3, -0.25) is 9.69 Å². The van der Waals surface area contributed by atoms with Gasteiger partial charge in [0.25, 0.3) is 0 Å². The minimum atomic E-state index is -0.102. The number of thiazole rings is 1. The SMILES string of the molecule is C[C@@H]1CN(C(=O)Cc2csc(N3CCCNC3=O)n2)CCN1. The first-order valence-electron chi connectivity index (χ1n) is 7.64. The standard InChI is InChI=1S/C14H21N5O2S/c1-10-8-18(6-4-15-10)12(20)7-11-9-22-14(17-11)19-5-2-3-16-13(19)21/h9-10,15H,2-8H2,1H3,(H,16,21)/t10-/m1/s1. The topological polar surface area (TPSA) is 77.6 Å². The van der Waals surface area contributed by atoms with Crippen LogP contribution >= 0.6 is 11.3 Å². The van der Waals surface area contributed by atoms with Crippen LogP contribution in [0.15, 0.2) is 5.38 Å². The second-order valence-electron chi connectivity index (χ2n) is 5.73. The summed E-state index contributed by atoms with van der Waals surface area (Å²) < 4.78 is 0. The van der Waals surface area contributed by atoms with Gasteiger partial charge >= 0.3 is 6.03 Å². The Balaban J connectivity index is 1.61. The molecule has 3 heterocycles. The minimum Gasteiger partial charge on any atom is -0.340 e. The zero-order valence-electron chi connectivity index (χ0n) is 12.7. The molecule has 120 valence electrons. The van der Waals surface area contributed by atoms with E-state index in [1.54, 1.807) is 4.90 Å². The molecule has 0 radical (unpaired) electrons. The predicted molar refractivity (Wildman–Crippen MR) is 85.2 cm³/mol. The lowest BCUT2D eigenvalue weighted by molar-refractivity contribution is -0.131. The van der Waals surface area contributed by atoms with Crippen LogP contribution in [0.2, 0.25) is 0 Å². The maximum Gasteiger partial charge on any atom is 0.323 e. The molecule has 0 saturated carbocycles. The number of anilines is 1. The summed E-state index contributed by atoms with van der Waals surface area (Å²) in [6, 6.07) is 0.232. The van der Waals surface area contributed by atoms with E-state index in [1.165, 1.54) is 11.3 Å². The van der Waals surface area contributed by atoms with Crippen molar-refractivity contribution in [2.75, 3.05) is 37.6 Å². The number of carbonyl (C=O) groups excluding carboxylic acids is 2. The Kier molecular flexibility index (Phi) is 4.58. The van der Waals surface area contributed by atoms with E-state index in [1.807, 2.05) is 10.3 Å². The summed E-state index contributed by atoms with van der Waals surface area (Å²) in [5, 5.41) is 8.68. The molecule has 1 aromatic rings. The van der Waals surface area contributed by atoms with Crippen molar-refractivity contribution in [3.63, 3.8) is 0 Å². The van der Waals surface area contributed by atoms with Gasteiger partial charge in [-0.2, -0.15) is 0 Å². The summed E-state index contributed by atoms with van der Waals surface area (Å²) in [5.74, 6) is 0.105. The van der Waals surface area contributed by atoms with Gasteiger partial charge in [0.1, 0.15) is 0 Å². The summed E-state index contributed by atoms with van der Waals surface area (Å²) in [6.07, 6.45) is 1.22. The van der Waals surface area contributed by atoms with E-state index in [2.05, 4.69) is 22.5 Å². The minimum absolute atomic E-state index is 0.102. The summed E-state index contributed by atoms with van der Waals surface area (Å²) in [7, 11) is 0. The number of nitrogens with one attached hydrogen (secondary N) is 2. The normalized spacial score (nSPS) is 22.6. The van der Waals surface area contributed by atoms with Gasteiger partial charge in [0.15, 0.2) is 5.13 Å². The molecule has 0 aromatic carbocycles. The number of amides is 3. The summed E-state index contributed by atoms with van der Waals surface area (Å²) in [6.45, 7) is 5.80. The van der Waals surface area contributed by atoms with Crippen LogP contribution < -0.4 is 15.5 Å². The van der Waals surface area contributed by atoms with Gasteiger partial charge in [0.2, 0.25) is 5.91 Å². The molecule has 0 aliphatic carbocycles. The maximum absolute atomic E-state index is 12.3.